The minimum Gasteiger partial charge on any atom is -0.300 e. The highest BCUT2D eigenvalue weighted by molar-refractivity contribution is 5.98. The molecule has 0 aromatic heterocycles. The minimum absolute atomic E-state index is 0.0395. The highest BCUT2D eigenvalue weighted by atomic mass is 16.1. The predicted molar refractivity (Wildman–Crippen MR) is 60.0 cm³/mol. The summed E-state index contributed by atoms with van der Waals surface area (Å²) in [5, 5.41) is 0. The first-order chi connectivity index (χ1) is 7.00. The molecule has 1 unspecified atom stereocenters. The molecule has 2 nitrogen and oxygen atoms in total. The van der Waals surface area contributed by atoms with Gasteiger partial charge in [-0.15, -0.1) is 0 Å². The van der Waals surface area contributed by atoms with E-state index in [0.717, 1.165) is 5.56 Å². The molecule has 1 atom stereocenters. The van der Waals surface area contributed by atoms with Gasteiger partial charge in [0, 0.05) is 17.9 Å². The maximum absolute atomic E-state index is 11.7. The second kappa shape index (κ2) is 4.87. The maximum atomic E-state index is 11.7. The first-order valence-electron chi connectivity index (χ1n) is 5.11. The summed E-state index contributed by atoms with van der Waals surface area (Å²) in [6.07, 6.45) is 0.304. The highest BCUT2D eigenvalue weighted by Crippen LogP contribution is 2.11. The van der Waals surface area contributed by atoms with E-state index >= 15 is 0 Å². The van der Waals surface area contributed by atoms with Crippen molar-refractivity contribution in [2.24, 2.45) is 5.92 Å². The van der Waals surface area contributed by atoms with Crippen LogP contribution in [0.3, 0.4) is 0 Å². The van der Waals surface area contributed by atoms with Crippen molar-refractivity contribution in [2.45, 2.75) is 27.2 Å². The van der Waals surface area contributed by atoms with Crippen molar-refractivity contribution in [2.75, 3.05) is 0 Å². The van der Waals surface area contributed by atoms with Crippen LogP contribution in [0.1, 0.15) is 36.2 Å². The fraction of sp³-hybridized carbons (Fsp3) is 0.385. The molecule has 0 spiro atoms. The molecule has 0 N–H and O–H groups in total. The second-order valence-electron chi connectivity index (χ2n) is 4.01. The Kier molecular flexibility index (Phi) is 3.78. The lowest BCUT2D eigenvalue weighted by atomic mass is 9.96. The van der Waals surface area contributed by atoms with Crippen molar-refractivity contribution in [3.8, 4) is 0 Å². The lowest BCUT2D eigenvalue weighted by molar-refractivity contribution is -0.120. The Morgan fingerprint density at radius 1 is 1.20 bits per heavy atom. The Morgan fingerprint density at radius 2 is 1.73 bits per heavy atom. The Balaban J connectivity index is 2.69. The Labute approximate surface area is 90.3 Å². The molecule has 0 heterocycles. The van der Waals surface area contributed by atoms with Crippen LogP contribution < -0.4 is 0 Å². The molecular formula is C13H16O2. The standard InChI is InChI=1S/C13H16O2/c1-9-4-6-12(7-5-9)13(15)8-10(2)11(3)14/h4-7,10H,8H2,1-3H3. The summed E-state index contributed by atoms with van der Waals surface area (Å²) >= 11 is 0. The van der Waals surface area contributed by atoms with Gasteiger partial charge >= 0.3 is 0 Å². The third-order valence-electron chi connectivity index (χ3n) is 2.56. The number of Topliss-reactive ketones (excluding diaryl/α,β-unsaturated/α-hetero) is 2. The quantitative estimate of drug-likeness (QED) is 0.707. The molecule has 1 rings (SSSR count). The summed E-state index contributed by atoms with van der Waals surface area (Å²) in [4.78, 5) is 22.7. The van der Waals surface area contributed by atoms with Gasteiger partial charge in [0.05, 0.1) is 0 Å². The van der Waals surface area contributed by atoms with Crippen molar-refractivity contribution >= 4 is 11.6 Å². The summed E-state index contributed by atoms with van der Waals surface area (Å²) < 4.78 is 0. The van der Waals surface area contributed by atoms with Gasteiger partial charge in [-0.3, -0.25) is 9.59 Å². The second-order valence-corrected chi connectivity index (χ2v) is 4.01. The number of hydrogen-bond donors (Lipinski definition) is 0. The van der Waals surface area contributed by atoms with Crippen LogP contribution in [-0.4, -0.2) is 11.6 Å². The van der Waals surface area contributed by atoms with Crippen LogP contribution in [-0.2, 0) is 4.79 Å². The first kappa shape index (κ1) is 11.6. The van der Waals surface area contributed by atoms with Crippen molar-refractivity contribution in [3.63, 3.8) is 0 Å². The molecule has 0 aliphatic heterocycles. The van der Waals surface area contributed by atoms with Gasteiger partial charge < -0.3 is 0 Å². The normalized spacial score (nSPS) is 12.2. The van der Waals surface area contributed by atoms with Crippen molar-refractivity contribution in [3.05, 3.63) is 35.4 Å². The van der Waals surface area contributed by atoms with E-state index in [1.165, 1.54) is 6.92 Å². The molecule has 0 aliphatic carbocycles. The van der Waals surface area contributed by atoms with Crippen LogP contribution in [0, 0.1) is 12.8 Å². The van der Waals surface area contributed by atoms with Crippen LogP contribution in [0.25, 0.3) is 0 Å². The van der Waals surface area contributed by atoms with Gasteiger partial charge in [-0.05, 0) is 13.8 Å². The zero-order chi connectivity index (χ0) is 11.4. The molecule has 0 saturated carbocycles. The van der Waals surface area contributed by atoms with Crippen LogP contribution in [0.5, 0.6) is 0 Å². The molecule has 0 amide bonds. The monoisotopic (exact) mass is 204 g/mol. The van der Waals surface area contributed by atoms with E-state index < -0.39 is 0 Å². The summed E-state index contributed by atoms with van der Waals surface area (Å²) in [6.45, 7) is 5.29. The van der Waals surface area contributed by atoms with Gasteiger partial charge in [-0.25, -0.2) is 0 Å². The fourth-order valence-electron chi connectivity index (χ4n) is 1.28. The average molecular weight is 204 g/mol. The van der Waals surface area contributed by atoms with Gasteiger partial charge in [0.2, 0.25) is 0 Å². The summed E-state index contributed by atoms with van der Waals surface area (Å²) in [5.41, 5.74) is 1.82. The SMILES string of the molecule is CC(=O)C(C)CC(=O)c1ccc(C)cc1. The van der Waals surface area contributed by atoms with E-state index in [1.54, 1.807) is 6.92 Å². The number of carbonyl (C=O) groups is 2. The van der Waals surface area contributed by atoms with Crippen molar-refractivity contribution in [1.82, 2.24) is 0 Å². The summed E-state index contributed by atoms with van der Waals surface area (Å²) in [7, 11) is 0. The van der Waals surface area contributed by atoms with Crippen LogP contribution in [0.4, 0.5) is 0 Å². The topological polar surface area (TPSA) is 34.1 Å². The van der Waals surface area contributed by atoms with E-state index in [2.05, 4.69) is 0 Å². The average Bonchev–Trinajstić information content (AvgIpc) is 2.18. The van der Waals surface area contributed by atoms with Gasteiger partial charge in [-0.1, -0.05) is 36.8 Å². The zero-order valence-electron chi connectivity index (χ0n) is 9.41. The number of benzene rings is 1. The number of ketones is 2. The Hall–Kier alpha value is -1.44. The third-order valence-corrected chi connectivity index (χ3v) is 2.56. The van der Waals surface area contributed by atoms with E-state index in [0.29, 0.717) is 12.0 Å². The summed E-state index contributed by atoms with van der Waals surface area (Å²) in [5.74, 6) is -0.0769. The van der Waals surface area contributed by atoms with E-state index in [4.69, 9.17) is 0 Å². The molecule has 15 heavy (non-hydrogen) atoms. The number of rotatable bonds is 4. The number of hydrogen-bond acceptors (Lipinski definition) is 2. The maximum Gasteiger partial charge on any atom is 0.163 e. The molecule has 0 radical (unpaired) electrons. The lowest BCUT2D eigenvalue weighted by Crippen LogP contribution is -2.12. The first-order valence-corrected chi connectivity index (χ1v) is 5.11. The lowest BCUT2D eigenvalue weighted by Gasteiger charge is -2.06. The molecule has 80 valence electrons. The fourth-order valence-corrected chi connectivity index (χ4v) is 1.28. The number of carbonyl (C=O) groups excluding carboxylic acids is 2. The van der Waals surface area contributed by atoms with Crippen molar-refractivity contribution in [1.29, 1.82) is 0 Å². The zero-order valence-corrected chi connectivity index (χ0v) is 9.41. The Bertz CT molecular complexity index is 363. The molecule has 0 saturated heterocycles. The molecule has 0 aliphatic rings. The predicted octanol–water partition coefficient (Wildman–Crippen LogP) is 2.79. The molecular weight excluding hydrogens is 188 g/mol. The third kappa shape index (κ3) is 3.31. The van der Waals surface area contributed by atoms with E-state index in [9.17, 15) is 9.59 Å². The molecule has 1 aromatic carbocycles. The molecule has 2 heteroatoms. The van der Waals surface area contributed by atoms with E-state index in [1.807, 2.05) is 31.2 Å². The molecule has 0 bridgehead atoms. The van der Waals surface area contributed by atoms with Crippen LogP contribution in [0.2, 0.25) is 0 Å². The Morgan fingerprint density at radius 3 is 2.20 bits per heavy atom. The van der Waals surface area contributed by atoms with E-state index in [-0.39, 0.29) is 17.5 Å². The largest absolute Gasteiger partial charge is 0.300 e. The van der Waals surface area contributed by atoms with Gasteiger partial charge in [0.1, 0.15) is 5.78 Å². The highest BCUT2D eigenvalue weighted by Gasteiger charge is 2.14. The number of aryl methyl sites for hydroxylation is 1. The van der Waals surface area contributed by atoms with Gasteiger partial charge in [-0.2, -0.15) is 0 Å². The smallest absolute Gasteiger partial charge is 0.163 e. The van der Waals surface area contributed by atoms with Crippen molar-refractivity contribution < 1.29 is 9.59 Å². The molecule has 1 aromatic rings. The minimum atomic E-state index is -0.182. The van der Waals surface area contributed by atoms with Gasteiger partial charge in [0.25, 0.3) is 0 Å². The summed E-state index contributed by atoms with van der Waals surface area (Å²) in [6, 6.07) is 7.44. The molecule has 0 fully saturated rings. The van der Waals surface area contributed by atoms with Crippen LogP contribution in [0.15, 0.2) is 24.3 Å². The van der Waals surface area contributed by atoms with Crippen LogP contribution >= 0.6 is 0 Å². The van der Waals surface area contributed by atoms with Gasteiger partial charge in [0.15, 0.2) is 5.78 Å².